The van der Waals surface area contributed by atoms with Crippen molar-refractivity contribution in [1.82, 2.24) is 0 Å². The van der Waals surface area contributed by atoms with E-state index in [-0.39, 0.29) is 9.98 Å². The van der Waals surface area contributed by atoms with E-state index >= 15 is 0 Å². The minimum atomic E-state index is -3.18. The van der Waals surface area contributed by atoms with Crippen LogP contribution in [0.2, 0.25) is 0 Å². The highest BCUT2D eigenvalue weighted by molar-refractivity contribution is 8.78. The quantitative estimate of drug-likeness (QED) is 0.296. The molecule has 0 spiro atoms. The average molecular weight is 394 g/mol. The lowest BCUT2D eigenvalue weighted by atomic mass is 10.9. The Hall–Kier alpha value is 1.00. The topological polar surface area (TPSA) is 71.1 Å². The third kappa shape index (κ3) is 7.27. The summed E-state index contributed by atoms with van der Waals surface area (Å²) < 4.78 is 46.5. The molecule has 22 heavy (non-hydrogen) atoms. The van der Waals surface area contributed by atoms with Crippen molar-refractivity contribution in [2.45, 2.75) is 51.5 Å². The van der Waals surface area contributed by atoms with E-state index in [0.29, 0.717) is 26.4 Å². The fraction of sp³-hybridized carbons (Fsp3) is 1.00. The van der Waals surface area contributed by atoms with Crippen molar-refractivity contribution in [2.24, 2.45) is 0 Å². The zero-order chi connectivity index (χ0) is 17.2. The Morgan fingerprint density at radius 1 is 0.682 bits per heavy atom. The van der Waals surface area contributed by atoms with Crippen LogP contribution in [0.15, 0.2) is 0 Å². The van der Waals surface area contributed by atoms with Gasteiger partial charge in [-0.15, -0.1) is 0 Å². The molecule has 0 bridgehead atoms. The van der Waals surface area contributed by atoms with Gasteiger partial charge >= 0.3 is 15.2 Å². The van der Waals surface area contributed by atoms with Crippen molar-refractivity contribution < 1.29 is 27.2 Å². The van der Waals surface area contributed by atoms with E-state index < -0.39 is 15.2 Å². The minimum Gasteiger partial charge on any atom is -0.308 e. The first-order valence-corrected chi connectivity index (χ1v) is 12.9. The van der Waals surface area contributed by atoms with Gasteiger partial charge in [0, 0.05) is 0 Å². The normalized spacial score (nSPS) is 15.7. The SMILES string of the molecule is CCOP(=O)(OCC)C(C)SSC(C)P(=O)(OCC)OCC. The van der Waals surface area contributed by atoms with Gasteiger partial charge in [-0.05, 0) is 41.5 Å². The fourth-order valence-electron chi connectivity index (χ4n) is 1.48. The maximum Gasteiger partial charge on any atom is 0.344 e. The second-order valence-corrected chi connectivity index (χ2v) is 12.5. The Kier molecular flexibility index (Phi) is 12.1. The maximum atomic E-state index is 12.6. The molecular formula is C12H28O6P2S2. The third-order valence-electron chi connectivity index (χ3n) is 2.46. The molecule has 2 unspecified atom stereocenters. The summed E-state index contributed by atoms with van der Waals surface area (Å²) in [6, 6.07) is 0. The zero-order valence-electron chi connectivity index (χ0n) is 14.1. The van der Waals surface area contributed by atoms with Gasteiger partial charge in [-0.1, -0.05) is 21.6 Å². The van der Waals surface area contributed by atoms with E-state index in [0.717, 1.165) is 0 Å². The molecule has 10 heteroatoms. The molecule has 0 rings (SSSR count). The molecule has 0 aromatic carbocycles. The predicted octanol–water partition coefficient (Wildman–Crippen LogP) is 5.59. The summed E-state index contributed by atoms with van der Waals surface area (Å²) in [6.45, 7) is 11.9. The van der Waals surface area contributed by atoms with Crippen molar-refractivity contribution in [1.29, 1.82) is 0 Å². The highest BCUT2D eigenvalue weighted by Crippen LogP contribution is 2.64. The van der Waals surface area contributed by atoms with Crippen LogP contribution >= 0.6 is 36.8 Å². The van der Waals surface area contributed by atoms with Gasteiger partial charge in [0.15, 0.2) is 0 Å². The van der Waals surface area contributed by atoms with E-state index in [1.54, 1.807) is 41.5 Å². The first-order chi connectivity index (χ1) is 10.3. The Labute approximate surface area is 142 Å². The molecule has 0 saturated heterocycles. The lowest BCUT2D eigenvalue weighted by molar-refractivity contribution is 0.218. The van der Waals surface area contributed by atoms with Crippen LogP contribution in [0, 0.1) is 0 Å². The van der Waals surface area contributed by atoms with Gasteiger partial charge in [-0.2, -0.15) is 0 Å². The lowest BCUT2D eigenvalue weighted by Gasteiger charge is -2.26. The largest absolute Gasteiger partial charge is 0.344 e. The highest BCUT2D eigenvalue weighted by atomic mass is 33.1. The molecule has 0 aliphatic rings. The van der Waals surface area contributed by atoms with Gasteiger partial charge in [0.05, 0.1) is 26.4 Å². The smallest absolute Gasteiger partial charge is 0.308 e. The van der Waals surface area contributed by atoms with Gasteiger partial charge in [0.1, 0.15) is 9.98 Å². The molecule has 0 amide bonds. The summed E-state index contributed by atoms with van der Waals surface area (Å²) in [5.74, 6) is 0. The molecule has 0 radical (unpaired) electrons. The molecule has 0 aliphatic heterocycles. The van der Waals surface area contributed by atoms with Crippen molar-refractivity contribution in [2.75, 3.05) is 26.4 Å². The molecule has 0 saturated carbocycles. The van der Waals surface area contributed by atoms with E-state index in [1.165, 1.54) is 21.6 Å². The first-order valence-electron chi connectivity index (χ1n) is 7.39. The molecule has 0 aliphatic carbocycles. The third-order valence-corrected chi connectivity index (χ3v) is 12.5. The minimum absolute atomic E-state index is 0.318. The summed E-state index contributed by atoms with van der Waals surface area (Å²) in [6.07, 6.45) is 0. The first kappa shape index (κ1) is 23.0. The molecular weight excluding hydrogens is 366 g/mol. The number of hydrogen-bond donors (Lipinski definition) is 0. The molecule has 134 valence electrons. The molecule has 0 N–H and O–H groups in total. The lowest BCUT2D eigenvalue weighted by Crippen LogP contribution is -2.08. The van der Waals surface area contributed by atoms with Gasteiger partial charge in [0.2, 0.25) is 0 Å². The van der Waals surface area contributed by atoms with E-state index in [1.807, 2.05) is 0 Å². The van der Waals surface area contributed by atoms with Crippen LogP contribution in [-0.2, 0) is 27.2 Å². The highest BCUT2D eigenvalue weighted by Gasteiger charge is 2.37. The Balaban J connectivity index is 4.74. The second-order valence-electron chi connectivity index (χ2n) is 4.14. The summed E-state index contributed by atoms with van der Waals surface area (Å²) in [4.78, 5) is -0.756. The summed E-state index contributed by atoms with van der Waals surface area (Å²) >= 11 is 0. The summed E-state index contributed by atoms with van der Waals surface area (Å²) in [5, 5.41) is 0. The number of rotatable bonds is 13. The number of hydrogen-bond acceptors (Lipinski definition) is 8. The average Bonchev–Trinajstić information content (AvgIpc) is 2.45. The van der Waals surface area contributed by atoms with Crippen molar-refractivity contribution in [3.63, 3.8) is 0 Å². The van der Waals surface area contributed by atoms with Gasteiger partial charge < -0.3 is 18.1 Å². The predicted molar refractivity (Wildman–Crippen MR) is 95.8 cm³/mol. The Morgan fingerprint density at radius 3 is 1.09 bits per heavy atom. The van der Waals surface area contributed by atoms with Crippen LogP contribution in [0.5, 0.6) is 0 Å². The van der Waals surface area contributed by atoms with Crippen molar-refractivity contribution in [3.8, 4) is 0 Å². The molecule has 0 heterocycles. The van der Waals surface area contributed by atoms with Crippen LogP contribution in [0.3, 0.4) is 0 Å². The molecule has 2 atom stereocenters. The zero-order valence-corrected chi connectivity index (χ0v) is 17.6. The molecule has 0 fully saturated rings. The van der Waals surface area contributed by atoms with Gasteiger partial charge in [-0.3, -0.25) is 9.13 Å². The Bertz CT molecular complexity index is 340. The van der Waals surface area contributed by atoms with E-state index in [2.05, 4.69) is 0 Å². The standard InChI is InChI=1S/C12H28O6P2S2/c1-7-15-19(13,16-8-2)11(5)21-22-12(6)20(14,17-9-3)18-10-4/h11-12H,7-10H2,1-6H3. The van der Waals surface area contributed by atoms with Crippen LogP contribution in [0.25, 0.3) is 0 Å². The molecule has 0 aromatic rings. The Morgan fingerprint density at radius 2 is 0.909 bits per heavy atom. The van der Waals surface area contributed by atoms with E-state index in [4.69, 9.17) is 18.1 Å². The molecule has 0 aromatic heterocycles. The van der Waals surface area contributed by atoms with Crippen molar-refractivity contribution >= 4 is 36.8 Å². The second kappa shape index (κ2) is 11.5. The van der Waals surface area contributed by atoms with Crippen LogP contribution < -0.4 is 0 Å². The summed E-state index contributed by atoms with van der Waals surface area (Å²) in [7, 11) is -3.72. The van der Waals surface area contributed by atoms with Crippen LogP contribution in [-0.4, -0.2) is 36.4 Å². The van der Waals surface area contributed by atoms with E-state index in [9.17, 15) is 9.13 Å². The maximum absolute atomic E-state index is 12.6. The van der Waals surface area contributed by atoms with Gasteiger partial charge in [-0.25, -0.2) is 0 Å². The van der Waals surface area contributed by atoms with Crippen molar-refractivity contribution in [3.05, 3.63) is 0 Å². The van der Waals surface area contributed by atoms with Gasteiger partial charge in [0.25, 0.3) is 0 Å². The molecule has 6 nitrogen and oxygen atoms in total. The fourth-order valence-corrected chi connectivity index (χ4v) is 9.56. The monoisotopic (exact) mass is 394 g/mol. The van der Waals surface area contributed by atoms with Crippen LogP contribution in [0.4, 0.5) is 0 Å². The summed E-state index contributed by atoms with van der Waals surface area (Å²) in [5.41, 5.74) is 0. The van der Waals surface area contributed by atoms with Crippen LogP contribution in [0.1, 0.15) is 41.5 Å².